The SMILES string of the molecule is COc1ccc(C(CN)N(C)c2ccccc2)cc1C. The van der Waals surface area contributed by atoms with Crippen molar-refractivity contribution < 1.29 is 4.74 Å². The minimum Gasteiger partial charge on any atom is -0.496 e. The second-order valence-electron chi connectivity index (χ2n) is 4.93. The van der Waals surface area contributed by atoms with Crippen LogP contribution in [0.2, 0.25) is 0 Å². The highest BCUT2D eigenvalue weighted by atomic mass is 16.5. The number of nitrogens with zero attached hydrogens (tertiary/aromatic N) is 1. The quantitative estimate of drug-likeness (QED) is 0.907. The summed E-state index contributed by atoms with van der Waals surface area (Å²) in [5.41, 5.74) is 9.49. The molecule has 0 radical (unpaired) electrons. The minimum atomic E-state index is 0.155. The summed E-state index contributed by atoms with van der Waals surface area (Å²) in [6.07, 6.45) is 0. The van der Waals surface area contributed by atoms with E-state index in [-0.39, 0.29) is 6.04 Å². The lowest BCUT2D eigenvalue weighted by Gasteiger charge is -2.30. The van der Waals surface area contributed by atoms with Gasteiger partial charge in [-0.2, -0.15) is 0 Å². The number of nitrogens with two attached hydrogens (primary N) is 1. The average Bonchev–Trinajstić information content (AvgIpc) is 2.49. The van der Waals surface area contributed by atoms with Crippen LogP contribution < -0.4 is 15.4 Å². The van der Waals surface area contributed by atoms with E-state index in [1.54, 1.807) is 7.11 Å². The number of methoxy groups -OCH3 is 1. The Morgan fingerprint density at radius 3 is 2.40 bits per heavy atom. The topological polar surface area (TPSA) is 38.5 Å². The van der Waals surface area contributed by atoms with Crippen molar-refractivity contribution >= 4 is 5.69 Å². The predicted octanol–water partition coefficient (Wildman–Crippen LogP) is 3.14. The lowest BCUT2D eigenvalue weighted by molar-refractivity contribution is 0.411. The molecule has 0 saturated carbocycles. The largest absolute Gasteiger partial charge is 0.496 e. The summed E-state index contributed by atoms with van der Waals surface area (Å²) >= 11 is 0. The normalized spacial score (nSPS) is 12.0. The first kappa shape index (κ1) is 14.4. The molecule has 0 spiro atoms. The molecule has 2 aromatic carbocycles. The Labute approximate surface area is 121 Å². The highest BCUT2D eigenvalue weighted by Crippen LogP contribution is 2.28. The van der Waals surface area contributed by atoms with Crippen LogP contribution in [0.1, 0.15) is 17.2 Å². The van der Waals surface area contributed by atoms with Gasteiger partial charge < -0.3 is 15.4 Å². The van der Waals surface area contributed by atoms with Gasteiger partial charge in [0, 0.05) is 19.3 Å². The van der Waals surface area contributed by atoms with Crippen molar-refractivity contribution in [3.63, 3.8) is 0 Å². The van der Waals surface area contributed by atoms with E-state index in [1.165, 1.54) is 5.56 Å². The second-order valence-corrected chi connectivity index (χ2v) is 4.93. The molecule has 2 aromatic rings. The Hall–Kier alpha value is -2.00. The summed E-state index contributed by atoms with van der Waals surface area (Å²) in [7, 11) is 3.77. The predicted molar refractivity (Wildman–Crippen MR) is 84.4 cm³/mol. The van der Waals surface area contributed by atoms with Crippen LogP contribution in [-0.2, 0) is 0 Å². The van der Waals surface area contributed by atoms with E-state index in [0.29, 0.717) is 6.54 Å². The number of anilines is 1. The van der Waals surface area contributed by atoms with Gasteiger partial charge in [0.25, 0.3) is 0 Å². The Bertz CT molecular complexity index is 554. The van der Waals surface area contributed by atoms with E-state index >= 15 is 0 Å². The van der Waals surface area contributed by atoms with Crippen LogP contribution in [-0.4, -0.2) is 20.7 Å². The van der Waals surface area contributed by atoms with E-state index in [9.17, 15) is 0 Å². The number of likely N-dealkylation sites (N-methyl/N-ethyl adjacent to an activating group) is 1. The third kappa shape index (κ3) is 2.94. The number of para-hydroxylation sites is 1. The summed E-state index contributed by atoms with van der Waals surface area (Å²) in [5, 5.41) is 0. The van der Waals surface area contributed by atoms with Gasteiger partial charge in [-0.3, -0.25) is 0 Å². The minimum absolute atomic E-state index is 0.155. The van der Waals surface area contributed by atoms with Crippen molar-refractivity contribution in [3.8, 4) is 5.75 Å². The van der Waals surface area contributed by atoms with Crippen molar-refractivity contribution in [2.45, 2.75) is 13.0 Å². The molecule has 2 rings (SSSR count). The van der Waals surface area contributed by atoms with E-state index < -0.39 is 0 Å². The molecule has 0 aliphatic heterocycles. The maximum Gasteiger partial charge on any atom is 0.121 e. The summed E-state index contributed by atoms with van der Waals surface area (Å²) in [6.45, 7) is 2.62. The Kier molecular flexibility index (Phi) is 4.64. The molecule has 1 unspecified atom stereocenters. The average molecular weight is 270 g/mol. The standard InChI is InChI=1S/C17H22N2O/c1-13-11-14(9-10-17(13)20-3)16(12-18)19(2)15-7-5-4-6-8-15/h4-11,16H,12,18H2,1-3H3. The van der Waals surface area contributed by atoms with Gasteiger partial charge >= 0.3 is 0 Å². The Morgan fingerprint density at radius 2 is 1.85 bits per heavy atom. The van der Waals surface area contributed by atoms with E-state index in [4.69, 9.17) is 10.5 Å². The zero-order valence-corrected chi connectivity index (χ0v) is 12.3. The molecule has 0 bridgehead atoms. The van der Waals surface area contributed by atoms with Gasteiger partial charge in [-0.1, -0.05) is 30.3 Å². The number of benzene rings is 2. The number of hydrogen-bond acceptors (Lipinski definition) is 3. The van der Waals surface area contributed by atoms with Crippen molar-refractivity contribution in [1.82, 2.24) is 0 Å². The molecule has 0 aliphatic carbocycles. The molecule has 3 nitrogen and oxygen atoms in total. The van der Waals surface area contributed by atoms with Gasteiger partial charge in [-0.05, 0) is 36.2 Å². The van der Waals surface area contributed by atoms with Gasteiger partial charge in [0.05, 0.1) is 13.2 Å². The summed E-state index contributed by atoms with van der Waals surface area (Å²) < 4.78 is 5.31. The van der Waals surface area contributed by atoms with Crippen LogP contribution >= 0.6 is 0 Å². The molecular weight excluding hydrogens is 248 g/mol. The maximum absolute atomic E-state index is 5.99. The summed E-state index contributed by atoms with van der Waals surface area (Å²) in [5.74, 6) is 0.909. The fourth-order valence-corrected chi connectivity index (χ4v) is 2.47. The smallest absolute Gasteiger partial charge is 0.121 e. The number of ether oxygens (including phenoxy) is 1. The first-order valence-electron chi connectivity index (χ1n) is 6.80. The second kappa shape index (κ2) is 6.44. The molecule has 2 N–H and O–H groups in total. The van der Waals surface area contributed by atoms with E-state index in [2.05, 4.69) is 43.1 Å². The maximum atomic E-state index is 5.99. The van der Waals surface area contributed by atoms with Crippen LogP contribution in [0.25, 0.3) is 0 Å². The van der Waals surface area contributed by atoms with Gasteiger partial charge in [-0.25, -0.2) is 0 Å². The van der Waals surface area contributed by atoms with Crippen LogP contribution in [0.3, 0.4) is 0 Å². The van der Waals surface area contributed by atoms with Crippen molar-refractivity contribution in [2.24, 2.45) is 5.73 Å². The molecule has 0 amide bonds. The molecule has 1 atom stereocenters. The fourth-order valence-electron chi connectivity index (χ4n) is 2.47. The van der Waals surface area contributed by atoms with Crippen LogP contribution in [0.15, 0.2) is 48.5 Å². The number of aryl methyl sites for hydroxylation is 1. The fraction of sp³-hybridized carbons (Fsp3) is 0.294. The van der Waals surface area contributed by atoms with Gasteiger partial charge in [0.2, 0.25) is 0 Å². The molecule has 3 heteroatoms. The van der Waals surface area contributed by atoms with Crippen molar-refractivity contribution in [3.05, 3.63) is 59.7 Å². The van der Waals surface area contributed by atoms with Gasteiger partial charge in [-0.15, -0.1) is 0 Å². The summed E-state index contributed by atoms with van der Waals surface area (Å²) in [4.78, 5) is 2.21. The molecule has 0 fully saturated rings. The zero-order chi connectivity index (χ0) is 14.5. The van der Waals surface area contributed by atoms with Crippen molar-refractivity contribution in [2.75, 3.05) is 25.6 Å². The molecule has 0 heterocycles. The van der Waals surface area contributed by atoms with Crippen LogP contribution in [0.4, 0.5) is 5.69 Å². The third-order valence-electron chi connectivity index (χ3n) is 3.66. The molecule has 106 valence electrons. The Balaban J connectivity index is 2.30. The molecule has 20 heavy (non-hydrogen) atoms. The van der Waals surface area contributed by atoms with Gasteiger partial charge in [0.15, 0.2) is 0 Å². The van der Waals surface area contributed by atoms with Gasteiger partial charge in [0.1, 0.15) is 5.75 Å². The third-order valence-corrected chi connectivity index (χ3v) is 3.66. The summed E-state index contributed by atoms with van der Waals surface area (Å²) in [6, 6.07) is 16.7. The lowest BCUT2D eigenvalue weighted by atomic mass is 10.0. The molecular formula is C17H22N2O. The molecule has 0 aliphatic rings. The van der Waals surface area contributed by atoms with E-state index in [1.807, 2.05) is 24.3 Å². The molecule has 0 saturated heterocycles. The zero-order valence-electron chi connectivity index (χ0n) is 12.3. The highest BCUT2D eigenvalue weighted by molar-refractivity contribution is 5.49. The first-order valence-corrected chi connectivity index (χ1v) is 6.80. The lowest BCUT2D eigenvalue weighted by Crippen LogP contribution is -2.30. The Morgan fingerprint density at radius 1 is 1.15 bits per heavy atom. The first-order chi connectivity index (χ1) is 9.67. The monoisotopic (exact) mass is 270 g/mol. The number of hydrogen-bond donors (Lipinski definition) is 1. The molecule has 0 aromatic heterocycles. The van der Waals surface area contributed by atoms with Crippen LogP contribution in [0, 0.1) is 6.92 Å². The van der Waals surface area contributed by atoms with Crippen LogP contribution in [0.5, 0.6) is 5.75 Å². The highest BCUT2D eigenvalue weighted by Gasteiger charge is 2.16. The number of rotatable bonds is 5. The van der Waals surface area contributed by atoms with E-state index in [0.717, 1.165) is 17.0 Å². The van der Waals surface area contributed by atoms with Crippen molar-refractivity contribution in [1.29, 1.82) is 0 Å².